The van der Waals surface area contributed by atoms with Crippen LogP contribution in [0.5, 0.6) is 0 Å². The van der Waals surface area contributed by atoms with Gasteiger partial charge in [0.25, 0.3) is 5.91 Å². The van der Waals surface area contributed by atoms with Gasteiger partial charge in [-0.05, 0) is 59.5 Å². The van der Waals surface area contributed by atoms with E-state index in [1.54, 1.807) is 0 Å². The summed E-state index contributed by atoms with van der Waals surface area (Å²) in [5.74, 6) is -0.838. The minimum atomic E-state index is -1.95. The van der Waals surface area contributed by atoms with E-state index < -0.39 is 11.5 Å². The molecule has 0 aliphatic carbocycles. The molecule has 0 aromatic heterocycles. The lowest BCUT2D eigenvalue weighted by Gasteiger charge is -2.21. The zero-order valence-electron chi connectivity index (χ0n) is 17.7. The summed E-state index contributed by atoms with van der Waals surface area (Å²) in [7, 11) is 3.94. The van der Waals surface area contributed by atoms with Crippen molar-refractivity contribution in [3.8, 4) is 0 Å². The van der Waals surface area contributed by atoms with E-state index in [2.05, 4.69) is 18.5 Å². The lowest BCUT2D eigenvalue weighted by molar-refractivity contribution is -0.140. The first kappa shape index (κ1) is 27.3. The SMILES string of the molecule is C/C=C\C.C=C.CN(C)CCCCC(=O)CC1(O)C(=O)Nc2c(Cl)ccc(Cl)c21. The zero-order valence-corrected chi connectivity index (χ0v) is 19.2. The molecular formula is C22H32Cl2N2O3. The Morgan fingerprint density at radius 2 is 1.72 bits per heavy atom. The number of hydrogen-bond acceptors (Lipinski definition) is 4. The summed E-state index contributed by atoms with van der Waals surface area (Å²) >= 11 is 12.1. The molecule has 1 aliphatic rings. The first-order chi connectivity index (χ1) is 13.7. The number of amides is 1. The number of aliphatic hydroxyl groups is 1. The topological polar surface area (TPSA) is 69.6 Å². The molecular weight excluding hydrogens is 411 g/mol. The molecule has 1 unspecified atom stereocenters. The van der Waals surface area contributed by atoms with Gasteiger partial charge in [-0.2, -0.15) is 0 Å². The van der Waals surface area contributed by atoms with Crippen molar-refractivity contribution in [2.75, 3.05) is 26.0 Å². The predicted octanol–water partition coefficient (Wildman–Crippen LogP) is 5.21. The van der Waals surface area contributed by atoms with E-state index in [0.717, 1.165) is 13.0 Å². The fourth-order valence-corrected chi connectivity index (χ4v) is 3.22. The third-order valence-electron chi connectivity index (χ3n) is 4.23. The smallest absolute Gasteiger partial charge is 0.261 e. The molecule has 0 saturated heterocycles. The van der Waals surface area contributed by atoms with Crippen LogP contribution in [0.2, 0.25) is 10.0 Å². The minimum absolute atomic E-state index is 0.176. The molecule has 5 nitrogen and oxygen atoms in total. The summed E-state index contributed by atoms with van der Waals surface area (Å²) in [4.78, 5) is 26.4. The van der Waals surface area contributed by atoms with Crippen LogP contribution < -0.4 is 5.32 Å². The van der Waals surface area contributed by atoms with E-state index in [4.69, 9.17) is 23.2 Å². The van der Waals surface area contributed by atoms with E-state index in [1.807, 2.05) is 45.0 Å². The molecule has 2 rings (SSSR count). The molecule has 1 aromatic carbocycles. The van der Waals surface area contributed by atoms with Gasteiger partial charge in [0.05, 0.1) is 10.7 Å². The average molecular weight is 443 g/mol. The fourth-order valence-electron chi connectivity index (χ4n) is 2.70. The van der Waals surface area contributed by atoms with Gasteiger partial charge in [-0.15, -0.1) is 13.2 Å². The van der Waals surface area contributed by atoms with Gasteiger partial charge in [0.2, 0.25) is 0 Å². The van der Waals surface area contributed by atoms with Crippen molar-refractivity contribution in [2.45, 2.75) is 45.1 Å². The van der Waals surface area contributed by atoms with E-state index in [1.165, 1.54) is 12.1 Å². The van der Waals surface area contributed by atoms with E-state index >= 15 is 0 Å². The molecule has 1 aromatic rings. The lowest BCUT2D eigenvalue weighted by Crippen LogP contribution is -2.36. The maximum atomic E-state index is 12.2. The quantitative estimate of drug-likeness (QED) is 0.449. The molecule has 0 radical (unpaired) electrons. The van der Waals surface area contributed by atoms with Gasteiger partial charge >= 0.3 is 0 Å². The first-order valence-electron chi connectivity index (χ1n) is 9.43. The van der Waals surface area contributed by atoms with Gasteiger partial charge in [0.15, 0.2) is 5.60 Å². The van der Waals surface area contributed by atoms with Crippen LogP contribution in [-0.2, 0) is 15.2 Å². The van der Waals surface area contributed by atoms with E-state index in [9.17, 15) is 14.7 Å². The summed E-state index contributed by atoms with van der Waals surface area (Å²) in [6.07, 6.45) is 5.61. The molecule has 0 bridgehead atoms. The van der Waals surface area contributed by atoms with Gasteiger partial charge in [-0.1, -0.05) is 35.4 Å². The van der Waals surface area contributed by atoms with Crippen molar-refractivity contribution < 1.29 is 14.7 Å². The molecule has 162 valence electrons. The number of nitrogens with zero attached hydrogens (tertiary/aromatic N) is 1. The third kappa shape index (κ3) is 7.94. The zero-order chi connectivity index (χ0) is 22.6. The molecule has 2 N–H and O–H groups in total. The second-order valence-corrected chi connectivity index (χ2v) is 7.55. The third-order valence-corrected chi connectivity index (χ3v) is 4.86. The highest BCUT2D eigenvalue weighted by atomic mass is 35.5. The summed E-state index contributed by atoms with van der Waals surface area (Å²) < 4.78 is 0. The number of Topliss-reactive ketones (excluding diaryl/α,β-unsaturated/α-hetero) is 1. The second-order valence-electron chi connectivity index (χ2n) is 6.74. The van der Waals surface area contributed by atoms with Gasteiger partial charge in [0.1, 0.15) is 5.78 Å². The highest BCUT2D eigenvalue weighted by Crippen LogP contribution is 2.46. The lowest BCUT2D eigenvalue weighted by atomic mass is 9.88. The van der Waals surface area contributed by atoms with Crippen LogP contribution in [0.15, 0.2) is 37.4 Å². The van der Waals surface area contributed by atoms with Crippen molar-refractivity contribution in [1.29, 1.82) is 0 Å². The number of nitrogens with one attached hydrogen (secondary N) is 1. The molecule has 29 heavy (non-hydrogen) atoms. The fraction of sp³-hybridized carbons (Fsp3) is 0.455. The van der Waals surface area contributed by atoms with Crippen molar-refractivity contribution in [2.24, 2.45) is 0 Å². The van der Waals surface area contributed by atoms with Crippen LogP contribution in [-0.4, -0.2) is 42.3 Å². The van der Waals surface area contributed by atoms with E-state index in [-0.39, 0.29) is 33.5 Å². The van der Waals surface area contributed by atoms with Crippen LogP contribution >= 0.6 is 23.2 Å². The Labute approximate surface area is 184 Å². The standard InChI is InChI=1S/C16H20Cl2N2O3.C4H8.C2H4/c1-20(2)8-4-3-5-10(21)9-16(23)13-11(17)6-7-12(18)14(13)19-15(16)22;1-3-4-2;1-2/h6-7,23H,3-5,8-9H2,1-2H3,(H,19,22);3-4H,1-2H3;1-2H2/b;4-3-;. The average Bonchev–Trinajstić information content (AvgIpc) is 2.95. The number of hydrogen-bond donors (Lipinski definition) is 2. The summed E-state index contributed by atoms with van der Waals surface area (Å²) in [5.41, 5.74) is -1.47. The van der Waals surface area contributed by atoms with Crippen molar-refractivity contribution in [3.63, 3.8) is 0 Å². The number of ketones is 1. The Morgan fingerprint density at radius 1 is 1.17 bits per heavy atom. The molecule has 7 heteroatoms. The monoisotopic (exact) mass is 442 g/mol. The Balaban J connectivity index is 0.00000116. The molecule has 1 amide bonds. The number of allylic oxidation sites excluding steroid dienone is 2. The molecule has 1 atom stereocenters. The summed E-state index contributed by atoms with van der Waals surface area (Å²) in [5, 5.41) is 13.8. The normalized spacial score (nSPS) is 17.2. The van der Waals surface area contributed by atoms with Crippen LogP contribution in [0.3, 0.4) is 0 Å². The second kappa shape index (κ2) is 13.5. The molecule has 0 fully saturated rings. The van der Waals surface area contributed by atoms with Gasteiger partial charge in [-0.25, -0.2) is 0 Å². The van der Waals surface area contributed by atoms with Crippen LogP contribution in [0.1, 0.15) is 45.1 Å². The number of halogens is 2. The Kier molecular flexibility index (Phi) is 12.8. The first-order valence-corrected chi connectivity index (χ1v) is 10.2. The number of carbonyl (C=O) groups is 2. The van der Waals surface area contributed by atoms with Gasteiger partial charge in [0, 0.05) is 23.4 Å². The number of rotatable bonds is 7. The number of carbonyl (C=O) groups excluding carboxylic acids is 2. The van der Waals surface area contributed by atoms with Crippen molar-refractivity contribution >= 4 is 40.6 Å². The number of benzene rings is 1. The number of unbranched alkanes of at least 4 members (excludes halogenated alkanes) is 1. The highest BCUT2D eigenvalue weighted by Gasteiger charge is 2.48. The van der Waals surface area contributed by atoms with E-state index in [0.29, 0.717) is 12.8 Å². The Hall–Kier alpha value is -1.66. The van der Waals surface area contributed by atoms with Crippen LogP contribution in [0.4, 0.5) is 5.69 Å². The largest absolute Gasteiger partial charge is 0.375 e. The maximum absolute atomic E-state index is 12.2. The molecule has 0 spiro atoms. The molecule has 1 heterocycles. The van der Waals surface area contributed by atoms with Crippen LogP contribution in [0, 0.1) is 0 Å². The summed E-state index contributed by atoms with van der Waals surface area (Å²) in [6, 6.07) is 3.05. The maximum Gasteiger partial charge on any atom is 0.261 e. The Bertz CT molecular complexity index is 716. The molecule has 1 aliphatic heterocycles. The molecule has 0 saturated carbocycles. The number of fused-ring (bicyclic) bond motifs is 1. The van der Waals surface area contributed by atoms with Crippen molar-refractivity contribution in [3.05, 3.63) is 53.1 Å². The highest BCUT2D eigenvalue weighted by molar-refractivity contribution is 6.38. The summed E-state index contributed by atoms with van der Waals surface area (Å²) in [6.45, 7) is 10.9. The van der Waals surface area contributed by atoms with Crippen molar-refractivity contribution in [1.82, 2.24) is 4.90 Å². The number of anilines is 1. The predicted molar refractivity (Wildman–Crippen MR) is 123 cm³/mol. The Morgan fingerprint density at radius 3 is 2.24 bits per heavy atom. The minimum Gasteiger partial charge on any atom is -0.375 e. The van der Waals surface area contributed by atoms with Gasteiger partial charge < -0.3 is 15.3 Å². The van der Waals surface area contributed by atoms with Gasteiger partial charge in [-0.3, -0.25) is 9.59 Å². The van der Waals surface area contributed by atoms with Crippen LogP contribution in [0.25, 0.3) is 0 Å².